The van der Waals surface area contributed by atoms with Crippen LogP contribution < -0.4 is 0 Å². The SMILES string of the molecule is CC1(C)C=C/C(=C2/C=CC(C)(C)CC2)CC1. The molecule has 0 heteroatoms. The third-order valence-electron chi connectivity index (χ3n) is 3.96. The first-order valence-corrected chi connectivity index (χ1v) is 6.49. The highest BCUT2D eigenvalue weighted by Crippen LogP contribution is 2.38. The van der Waals surface area contributed by atoms with Crippen LogP contribution in [0.4, 0.5) is 0 Å². The third kappa shape index (κ3) is 2.66. The maximum atomic E-state index is 2.38. The Balaban J connectivity index is 2.20. The van der Waals surface area contributed by atoms with Gasteiger partial charge in [0, 0.05) is 0 Å². The van der Waals surface area contributed by atoms with Crippen molar-refractivity contribution in [2.45, 2.75) is 53.4 Å². The maximum absolute atomic E-state index is 2.38. The highest BCUT2D eigenvalue weighted by Gasteiger charge is 2.22. The zero-order valence-corrected chi connectivity index (χ0v) is 11.1. The van der Waals surface area contributed by atoms with Crippen LogP contribution >= 0.6 is 0 Å². The van der Waals surface area contributed by atoms with Crippen LogP contribution in [0, 0.1) is 10.8 Å². The van der Waals surface area contributed by atoms with Crippen molar-refractivity contribution in [1.82, 2.24) is 0 Å². The first kappa shape index (κ1) is 11.7. The lowest BCUT2D eigenvalue weighted by atomic mass is 9.76. The Kier molecular flexibility index (Phi) is 2.86. The van der Waals surface area contributed by atoms with Crippen LogP contribution in [0.5, 0.6) is 0 Å². The monoisotopic (exact) mass is 216 g/mol. The highest BCUT2D eigenvalue weighted by molar-refractivity contribution is 5.38. The van der Waals surface area contributed by atoms with Crippen LogP contribution in [0.2, 0.25) is 0 Å². The molecule has 2 aliphatic rings. The van der Waals surface area contributed by atoms with Gasteiger partial charge in [-0.2, -0.15) is 0 Å². The molecule has 0 fully saturated rings. The first-order chi connectivity index (χ1) is 7.38. The van der Waals surface area contributed by atoms with Crippen LogP contribution in [-0.2, 0) is 0 Å². The summed E-state index contributed by atoms with van der Waals surface area (Å²) in [6.45, 7) is 9.30. The highest BCUT2D eigenvalue weighted by atomic mass is 14.3. The molecule has 2 rings (SSSR count). The van der Waals surface area contributed by atoms with Crippen LogP contribution in [0.1, 0.15) is 53.4 Å². The molecule has 0 aromatic rings. The normalized spacial score (nSPS) is 31.8. The molecule has 0 aliphatic heterocycles. The van der Waals surface area contributed by atoms with Gasteiger partial charge in [0.2, 0.25) is 0 Å². The van der Waals surface area contributed by atoms with Gasteiger partial charge >= 0.3 is 0 Å². The van der Waals surface area contributed by atoms with E-state index >= 15 is 0 Å². The van der Waals surface area contributed by atoms with Gasteiger partial charge in [-0.05, 0) is 47.7 Å². The predicted molar refractivity (Wildman–Crippen MR) is 71.3 cm³/mol. The van der Waals surface area contributed by atoms with E-state index in [-0.39, 0.29) is 0 Å². The molecule has 0 saturated heterocycles. The Labute approximate surface area is 100 Å². The van der Waals surface area contributed by atoms with Crippen LogP contribution in [0.15, 0.2) is 35.5 Å². The Morgan fingerprint density at radius 1 is 0.750 bits per heavy atom. The molecule has 16 heavy (non-hydrogen) atoms. The molecule has 0 nitrogen and oxygen atoms in total. The molecule has 0 amide bonds. The molecule has 0 heterocycles. The van der Waals surface area contributed by atoms with Gasteiger partial charge in [-0.15, -0.1) is 0 Å². The fraction of sp³-hybridized carbons (Fsp3) is 0.625. The molecular formula is C16H24. The van der Waals surface area contributed by atoms with Crippen LogP contribution in [0.25, 0.3) is 0 Å². The summed E-state index contributed by atoms with van der Waals surface area (Å²) in [7, 11) is 0. The summed E-state index contributed by atoms with van der Waals surface area (Å²) in [6.07, 6.45) is 14.6. The molecular weight excluding hydrogens is 192 g/mol. The van der Waals surface area contributed by atoms with Crippen molar-refractivity contribution in [3.8, 4) is 0 Å². The summed E-state index contributed by atoms with van der Waals surface area (Å²) >= 11 is 0. The molecule has 0 saturated carbocycles. The summed E-state index contributed by atoms with van der Waals surface area (Å²) in [6, 6.07) is 0. The Bertz CT molecular complexity index is 325. The van der Waals surface area contributed by atoms with Crippen molar-refractivity contribution in [2.24, 2.45) is 10.8 Å². The van der Waals surface area contributed by atoms with Gasteiger partial charge in [0.1, 0.15) is 0 Å². The van der Waals surface area contributed by atoms with Crippen molar-refractivity contribution in [3.05, 3.63) is 35.5 Å². The first-order valence-electron chi connectivity index (χ1n) is 6.49. The fourth-order valence-corrected chi connectivity index (χ4v) is 2.43. The maximum Gasteiger partial charge on any atom is -0.0168 e. The van der Waals surface area contributed by atoms with E-state index in [4.69, 9.17) is 0 Å². The second-order valence-electron chi connectivity index (χ2n) is 6.69. The Morgan fingerprint density at radius 3 is 1.38 bits per heavy atom. The minimum absolute atomic E-state index is 0.404. The quantitative estimate of drug-likeness (QED) is 0.532. The molecule has 0 spiro atoms. The van der Waals surface area contributed by atoms with E-state index in [0.717, 1.165) is 0 Å². The number of hydrogen-bond donors (Lipinski definition) is 0. The summed E-state index contributed by atoms with van der Waals surface area (Å²) in [4.78, 5) is 0. The van der Waals surface area contributed by atoms with Crippen molar-refractivity contribution in [3.63, 3.8) is 0 Å². The average Bonchev–Trinajstić information content (AvgIpc) is 2.19. The number of hydrogen-bond acceptors (Lipinski definition) is 0. The topological polar surface area (TPSA) is 0 Å². The van der Waals surface area contributed by atoms with Gasteiger partial charge in [-0.3, -0.25) is 0 Å². The average molecular weight is 216 g/mol. The molecule has 0 aromatic carbocycles. The van der Waals surface area contributed by atoms with E-state index in [1.807, 2.05) is 0 Å². The standard InChI is InChI=1S/C16H24/c1-15(2)9-5-13(6-10-15)14-7-11-16(3,4)12-8-14/h5,7,9,11H,6,8,10,12H2,1-4H3/b14-13+. The van der Waals surface area contributed by atoms with E-state index in [9.17, 15) is 0 Å². The Hall–Kier alpha value is -0.780. The zero-order chi connectivity index (χ0) is 11.8. The third-order valence-corrected chi connectivity index (χ3v) is 3.96. The van der Waals surface area contributed by atoms with Gasteiger partial charge in [0.15, 0.2) is 0 Å². The van der Waals surface area contributed by atoms with Crippen molar-refractivity contribution >= 4 is 0 Å². The summed E-state index contributed by atoms with van der Waals surface area (Å²) in [5.74, 6) is 0. The predicted octanol–water partition coefficient (Wildman–Crippen LogP) is 5.04. The van der Waals surface area contributed by atoms with E-state index in [0.29, 0.717) is 10.8 Å². The lowest BCUT2D eigenvalue weighted by molar-refractivity contribution is 0.416. The van der Waals surface area contributed by atoms with Gasteiger partial charge in [-0.1, -0.05) is 52.0 Å². The second-order valence-corrected chi connectivity index (χ2v) is 6.69. The number of rotatable bonds is 0. The summed E-state index contributed by atoms with van der Waals surface area (Å²) < 4.78 is 0. The summed E-state index contributed by atoms with van der Waals surface area (Å²) in [5.41, 5.74) is 3.96. The summed E-state index contributed by atoms with van der Waals surface area (Å²) in [5, 5.41) is 0. The second kappa shape index (κ2) is 3.91. The smallest absolute Gasteiger partial charge is 0.0168 e. The lowest BCUT2D eigenvalue weighted by Gasteiger charge is -2.29. The van der Waals surface area contributed by atoms with Gasteiger partial charge in [-0.25, -0.2) is 0 Å². The van der Waals surface area contributed by atoms with Gasteiger partial charge in [0.25, 0.3) is 0 Å². The molecule has 0 N–H and O–H groups in total. The zero-order valence-electron chi connectivity index (χ0n) is 11.1. The van der Waals surface area contributed by atoms with E-state index in [2.05, 4.69) is 52.0 Å². The van der Waals surface area contributed by atoms with Crippen molar-refractivity contribution in [1.29, 1.82) is 0 Å². The van der Waals surface area contributed by atoms with E-state index in [1.165, 1.54) is 25.7 Å². The fourth-order valence-electron chi connectivity index (χ4n) is 2.43. The Morgan fingerprint density at radius 2 is 1.12 bits per heavy atom. The van der Waals surface area contributed by atoms with E-state index < -0.39 is 0 Å². The van der Waals surface area contributed by atoms with Crippen LogP contribution in [-0.4, -0.2) is 0 Å². The lowest BCUT2D eigenvalue weighted by Crippen LogP contribution is -2.15. The molecule has 0 radical (unpaired) electrons. The van der Waals surface area contributed by atoms with Crippen molar-refractivity contribution < 1.29 is 0 Å². The minimum Gasteiger partial charge on any atom is -0.0786 e. The molecule has 88 valence electrons. The van der Waals surface area contributed by atoms with Crippen LogP contribution in [0.3, 0.4) is 0 Å². The molecule has 0 aromatic heterocycles. The largest absolute Gasteiger partial charge is 0.0786 e. The molecule has 0 bridgehead atoms. The van der Waals surface area contributed by atoms with E-state index in [1.54, 1.807) is 11.1 Å². The molecule has 0 atom stereocenters. The molecule has 2 aliphatic carbocycles. The minimum atomic E-state index is 0.404. The van der Waals surface area contributed by atoms with Gasteiger partial charge in [0.05, 0.1) is 0 Å². The number of allylic oxidation sites excluding steroid dienone is 6. The van der Waals surface area contributed by atoms with Gasteiger partial charge < -0.3 is 0 Å². The molecule has 0 unspecified atom stereocenters. The van der Waals surface area contributed by atoms with Crippen molar-refractivity contribution in [2.75, 3.05) is 0 Å².